The first-order chi connectivity index (χ1) is 11.8. The fourth-order valence-corrected chi connectivity index (χ4v) is 3.06. The summed E-state index contributed by atoms with van der Waals surface area (Å²) in [5.41, 5.74) is -2.00. The molecule has 7 heteroatoms. The third-order valence-corrected chi connectivity index (χ3v) is 5.30. The van der Waals surface area contributed by atoms with Crippen LogP contribution in [0.25, 0.3) is 0 Å². The van der Waals surface area contributed by atoms with E-state index in [0.717, 1.165) is 12.8 Å². The lowest BCUT2D eigenvalue weighted by molar-refractivity contribution is 0.00578. The highest BCUT2D eigenvalue weighted by atomic mass is 19.1. The van der Waals surface area contributed by atoms with Gasteiger partial charge in [-0.15, -0.1) is 0 Å². The van der Waals surface area contributed by atoms with Crippen molar-refractivity contribution in [2.75, 3.05) is 13.1 Å². The largest absolute Gasteiger partial charge is 0.524 e. The van der Waals surface area contributed by atoms with Crippen LogP contribution in [0.15, 0.2) is 11.8 Å². The first-order valence-corrected chi connectivity index (χ1v) is 9.51. The van der Waals surface area contributed by atoms with Crippen LogP contribution < -0.4 is 0 Å². The van der Waals surface area contributed by atoms with E-state index in [4.69, 9.17) is 14.0 Å². The number of carbonyl (C=O) groups is 1. The number of carbonyl (C=O) groups excluding carboxylic acids is 1. The van der Waals surface area contributed by atoms with Gasteiger partial charge in [-0.25, -0.2) is 9.18 Å². The average molecular weight is 369 g/mol. The first kappa shape index (κ1) is 21.2. The van der Waals surface area contributed by atoms with Crippen molar-refractivity contribution in [2.45, 2.75) is 84.5 Å². The van der Waals surface area contributed by atoms with Crippen molar-refractivity contribution < 1.29 is 23.2 Å². The van der Waals surface area contributed by atoms with E-state index in [0.29, 0.717) is 19.5 Å². The molecule has 2 aliphatic rings. The second kappa shape index (κ2) is 7.51. The van der Waals surface area contributed by atoms with Crippen LogP contribution in [0.3, 0.4) is 0 Å². The van der Waals surface area contributed by atoms with Crippen molar-refractivity contribution in [1.29, 1.82) is 0 Å². The van der Waals surface area contributed by atoms with Gasteiger partial charge < -0.3 is 18.9 Å². The molecule has 2 fully saturated rings. The summed E-state index contributed by atoms with van der Waals surface area (Å²) in [7, 11) is -0.954. The molecule has 0 radical (unpaired) electrons. The molecule has 0 aromatic heterocycles. The van der Waals surface area contributed by atoms with Crippen molar-refractivity contribution in [3.05, 3.63) is 11.8 Å². The maximum Gasteiger partial charge on any atom is 0.524 e. The van der Waals surface area contributed by atoms with Gasteiger partial charge in [-0.3, -0.25) is 0 Å². The molecule has 5 nitrogen and oxygen atoms in total. The monoisotopic (exact) mass is 369 g/mol. The van der Waals surface area contributed by atoms with Crippen LogP contribution >= 0.6 is 0 Å². The van der Waals surface area contributed by atoms with Gasteiger partial charge in [0.2, 0.25) is 0 Å². The van der Waals surface area contributed by atoms with E-state index in [1.807, 2.05) is 48.5 Å². The van der Waals surface area contributed by atoms with Gasteiger partial charge in [0, 0.05) is 13.1 Å². The highest BCUT2D eigenvalue weighted by Crippen LogP contribution is 2.39. The van der Waals surface area contributed by atoms with Crippen molar-refractivity contribution in [2.24, 2.45) is 5.92 Å². The summed E-state index contributed by atoms with van der Waals surface area (Å²) < 4.78 is 31.7. The number of nitrogens with zero attached hydrogens (tertiary/aromatic N) is 1. The summed E-state index contributed by atoms with van der Waals surface area (Å²) in [5.74, 6) is 0.0569. The molecule has 0 saturated carbocycles. The minimum absolute atomic E-state index is 0.0569. The third-order valence-electron chi connectivity index (χ3n) is 5.30. The molecule has 26 heavy (non-hydrogen) atoms. The molecular weight excluding hydrogens is 336 g/mol. The van der Waals surface area contributed by atoms with Crippen LogP contribution in [0, 0.1) is 5.92 Å². The van der Waals surface area contributed by atoms with E-state index in [1.165, 1.54) is 0 Å². The highest BCUT2D eigenvalue weighted by molar-refractivity contribution is 6.53. The fourth-order valence-electron chi connectivity index (χ4n) is 3.06. The average Bonchev–Trinajstić information content (AvgIpc) is 2.63. The van der Waals surface area contributed by atoms with E-state index >= 15 is 0 Å². The van der Waals surface area contributed by atoms with Crippen LogP contribution in [0.4, 0.5) is 9.18 Å². The minimum atomic E-state index is -0.954. The van der Waals surface area contributed by atoms with Gasteiger partial charge in [-0.2, -0.15) is 0 Å². The van der Waals surface area contributed by atoms with Crippen LogP contribution in [-0.2, 0) is 14.0 Å². The third kappa shape index (κ3) is 5.23. The number of allylic oxidation sites excluding steroid dienone is 1. The normalized spacial score (nSPS) is 26.6. The lowest BCUT2D eigenvalue weighted by Crippen LogP contribution is -2.41. The zero-order valence-electron chi connectivity index (χ0n) is 17.2. The van der Waals surface area contributed by atoms with Crippen molar-refractivity contribution in [3.8, 4) is 0 Å². The molecule has 0 bridgehead atoms. The standard InChI is InChI=1S/C19H33BFNO4/c1-17(2,3)24-16(23)22-11-8-9-14(10-12-22)13-15(21)20-25-18(4,5)19(6,7)26-20/h13-14H,8-12H2,1-7H3. The predicted molar refractivity (Wildman–Crippen MR) is 100 cm³/mol. The molecule has 2 heterocycles. The number of ether oxygens (including phenoxy) is 1. The number of amides is 1. The van der Waals surface area contributed by atoms with Gasteiger partial charge in [-0.1, -0.05) is 6.08 Å². The highest BCUT2D eigenvalue weighted by Gasteiger charge is 2.53. The Balaban J connectivity index is 1.95. The molecule has 0 N–H and O–H groups in total. The summed E-state index contributed by atoms with van der Waals surface area (Å²) in [6.45, 7) is 14.4. The Kier molecular flexibility index (Phi) is 6.13. The molecule has 0 aromatic carbocycles. The van der Waals surface area contributed by atoms with Crippen LogP contribution in [-0.4, -0.2) is 48.0 Å². The molecule has 2 rings (SSSR count). The maximum atomic E-state index is 14.7. The SMILES string of the molecule is CC(C)(C)OC(=O)N1CCCC(C=C(F)B2OC(C)(C)C(C)(C)O2)CC1. The molecule has 1 atom stereocenters. The van der Waals surface area contributed by atoms with Crippen molar-refractivity contribution in [3.63, 3.8) is 0 Å². The number of hydrogen-bond donors (Lipinski definition) is 0. The molecule has 1 unspecified atom stereocenters. The first-order valence-electron chi connectivity index (χ1n) is 9.51. The molecule has 0 spiro atoms. The minimum Gasteiger partial charge on any atom is -0.444 e. The van der Waals surface area contributed by atoms with Gasteiger partial charge in [0.05, 0.1) is 11.2 Å². The quantitative estimate of drug-likeness (QED) is 0.672. The Bertz CT molecular complexity index is 540. The number of halogens is 1. The molecule has 0 aromatic rings. The zero-order chi connectivity index (χ0) is 19.8. The van der Waals surface area contributed by atoms with E-state index < -0.39 is 23.9 Å². The van der Waals surface area contributed by atoms with Crippen LogP contribution in [0.5, 0.6) is 0 Å². The molecule has 2 aliphatic heterocycles. The zero-order valence-corrected chi connectivity index (χ0v) is 17.2. The van der Waals surface area contributed by atoms with E-state index in [2.05, 4.69) is 0 Å². The van der Waals surface area contributed by atoms with Crippen LogP contribution in [0.1, 0.15) is 67.7 Å². The van der Waals surface area contributed by atoms with E-state index in [-0.39, 0.29) is 17.7 Å². The second-order valence-electron chi connectivity index (χ2n) is 9.30. The number of rotatable bonds is 2. The summed E-state index contributed by atoms with van der Waals surface area (Å²) >= 11 is 0. The summed E-state index contributed by atoms with van der Waals surface area (Å²) in [6.07, 6.45) is 3.66. The van der Waals surface area contributed by atoms with Gasteiger partial charge in [0.1, 0.15) is 11.3 Å². The second-order valence-corrected chi connectivity index (χ2v) is 9.30. The molecule has 2 saturated heterocycles. The Hall–Kier alpha value is -1.08. The molecular formula is C19H33BFNO4. The van der Waals surface area contributed by atoms with E-state index in [1.54, 1.807) is 11.0 Å². The summed E-state index contributed by atoms with van der Waals surface area (Å²) in [4.78, 5) is 13.9. The molecule has 1 amide bonds. The summed E-state index contributed by atoms with van der Waals surface area (Å²) in [6, 6.07) is 0. The smallest absolute Gasteiger partial charge is 0.444 e. The lowest BCUT2D eigenvalue weighted by atomic mass is 9.84. The van der Waals surface area contributed by atoms with Gasteiger partial charge in [0.15, 0.2) is 0 Å². The number of likely N-dealkylation sites (tertiary alicyclic amines) is 1. The summed E-state index contributed by atoms with van der Waals surface area (Å²) in [5, 5.41) is 0. The Morgan fingerprint density at radius 2 is 1.73 bits per heavy atom. The Morgan fingerprint density at radius 1 is 1.15 bits per heavy atom. The van der Waals surface area contributed by atoms with E-state index in [9.17, 15) is 9.18 Å². The lowest BCUT2D eigenvalue weighted by Gasteiger charge is -2.32. The number of hydrogen-bond acceptors (Lipinski definition) is 4. The predicted octanol–water partition coefficient (Wildman–Crippen LogP) is 4.51. The fraction of sp³-hybridized carbons (Fsp3) is 0.842. The molecule has 148 valence electrons. The van der Waals surface area contributed by atoms with Crippen molar-refractivity contribution >= 4 is 13.2 Å². The Labute approximate surface area is 157 Å². The maximum absolute atomic E-state index is 14.7. The van der Waals surface area contributed by atoms with Crippen LogP contribution in [0.2, 0.25) is 0 Å². The van der Waals surface area contributed by atoms with Gasteiger partial charge >= 0.3 is 13.2 Å². The van der Waals surface area contributed by atoms with Crippen molar-refractivity contribution in [1.82, 2.24) is 4.90 Å². The molecule has 0 aliphatic carbocycles. The van der Waals surface area contributed by atoms with Gasteiger partial charge in [-0.05, 0) is 73.6 Å². The Morgan fingerprint density at radius 3 is 2.27 bits per heavy atom. The van der Waals surface area contributed by atoms with Gasteiger partial charge in [0.25, 0.3) is 0 Å². The topological polar surface area (TPSA) is 48.0 Å².